The normalized spacial score (nSPS) is 25.1. The zero-order valence-corrected chi connectivity index (χ0v) is 16.9. The van der Waals surface area contributed by atoms with Gasteiger partial charge in [0.15, 0.2) is 16.4 Å². The van der Waals surface area contributed by atoms with Crippen molar-refractivity contribution in [2.45, 2.75) is 50.6 Å². The van der Waals surface area contributed by atoms with Crippen molar-refractivity contribution < 1.29 is 27.5 Å². The molecule has 10 heteroatoms. The zero-order chi connectivity index (χ0) is 19.4. The van der Waals surface area contributed by atoms with E-state index >= 15 is 0 Å². The summed E-state index contributed by atoms with van der Waals surface area (Å²) in [7, 11) is -3.10. The monoisotopic (exact) mass is 418 g/mol. The number of esters is 1. The maximum absolute atomic E-state index is 12.7. The van der Waals surface area contributed by atoms with Crippen LogP contribution < -0.4 is 0 Å². The standard InChI is InChI=1S/C17H26N2O6S2/c20-15(11-25-16(21)5-7-18-8-9-26-17(18)22)19(13-3-1-2-4-13)14-6-10-27(23,24)12-14/h13-14H,1-12H2. The molecule has 0 aromatic rings. The molecule has 8 nitrogen and oxygen atoms in total. The number of rotatable bonds is 7. The van der Waals surface area contributed by atoms with Gasteiger partial charge in [-0.2, -0.15) is 0 Å². The number of ether oxygens (including phenoxy) is 1. The molecule has 2 aliphatic heterocycles. The molecule has 0 spiro atoms. The van der Waals surface area contributed by atoms with Gasteiger partial charge >= 0.3 is 5.97 Å². The number of amides is 2. The van der Waals surface area contributed by atoms with E-state index in [-0.39, 0.29) is 47.8 Å². The maximum Gasteiger partial charge on any atom is 0.308 e. The van der Waals surface area contributed by atoms with Gasteiger partial charge in [0, 0.05) is 30.9 Å². The molecule has 3 aliphatic rings. The molecular formula is C17H26N2O6S2. The minimum Gasteiger partial charge on any atom is -0.456 e. The Balaban J connectivity index is 1.51. The summed E-state index contributed by atoms with van der Waals surface area (Å²) in [5, 5.41) is -0.0336. The van der Waals surface area contributed by atoms with Crippen LogP contribution in [-0.2, 0) is 24.2 Å². The van der Waals surface area contributed by atoms with Crippen LogP contribution in [0.1, 0.15) is 38.5 Å². The van der Waals surface area contributed by atoms with E-state index in [0.717, 1.165) is 31.4 Å². The van der Waals surface area contributed by atoms with Crippen molar-refractivity contribution in [2.24, 2.45) is 0 Å². The topological polar surface area (TPSA) is 101 Å². The Kier molecular flexibility index (Phi) is 6.67. The Hall–Kier alpha value is -1.29. The molecule has 0 aromatic heterocycles. The third-order valence-electron chi connectivity index (χ3n) is 5.40. The highest BCUT2D eigenvalue weighted by molar-refractivity contribution is 8.13. The highest BCUT2D eigenvalue weighted by Gasteiger charge is 2.39. The Morgan fingerprint density at radius 2 is 1.93 bits per heavy atom. The Morgan fingerprint density at radius 1 is 1.19 bits per heavy atom. The summed E-state index contributed by atoms with van der Waals surface area (Å²) in [5.41, 5.74) is 0. The van der Waals surface area contributed by atoms with E-state index in [1.165, 1.54) is 11.8 Å². The number of nitrogens with zero attached hydrogens (tertiary/aromatic N) is 2. The molecule has 1 saturated carbocycles. The van der Waals surface area contributed by atoms with Gasteiger partial charge in [0.05, 0.1) is 17.9 Å². The molecular weight excluding hydrogens is 392 g/mol. The Bertz CT molecular complexity index is 690. The number of carbonyl (C=O) groups excluding carboxylic acids is 3. The van der Waals surface area contributed by atoms with Crippen LogP contribution in [0.15, 0.2) is 0 Å². The van der Waals surface area contributed by atoms with Gasteiger partial charge in [0.2, 0.25) is 0 Å². The second-order valence-electron chi connectivity index (χ2n) is 7.31. The number of hydrogen-bond acceptors (Lipinski definition) is 7. The molecule has 1 unspecified atom stereocenters. The van der Waals surface area contributed by atoms with Crippen molar-refractivity contribution >= 4 is 38.7 Å². The molecule has 1 atom stereocenters. The van der Waals surface area contributed by atoms with E-state index in [4.69, 9.17) is 4.74 Å². The van der Waals surface area contributed by atoms with Crippen LogP contribution in [0, 0.1) is 0 Å². The maximum atomic E-state index is 12.7. The molecule has 152 valence electrons. The van der Waals surface area contributed by atoms with Gasteiger partial charge in [-0.3, -0.25) is 14.4 Å². The molecule has 0 aromatic carbocycles. The number of sulfone groups is 1. The lowest BCUT2D eigenvalue weighted by Gasteiger charge is -2.33. The van der Waals surface area contributed by atoms with E-state index in [2.05, 4.69) is 0 Å². The fourth-order valence-electron chi connectivity index (χ4n) is 4.03. The van der Waals surface area contributed by atoms with Gasteiger partial charge in [-0.05, 0) is 19.3 Å². The number of thioether (sulfide) groups is 1. The molecule has 1 aliphatic carbocycles. The van der Waals surface area contributed by atoms with E-state index < -0.39 is 15.8 Å². The lowest BCUT2D eigenvalue weighted by molar-refractivity contribution is -0.154. The van der Waals surface area contributed by atoms with Crippen LogP contribution in [0.5, 0.6) is 0 Å². The molecule has 2 heterocycles. The highest BCUT2D eigenvalue weighted by atomic mass is 32.2. The molecule has 0 N–H and O–H groups in total. The number of carbonyl (C=O) groups is 3. The molecule has 2 saturated heterocycles. The van der Waals surface area contributed by atoms with Crippen molar-refractivity contribution in [3.63, 3.8) is 0 Å². The van der Waals surface area contributed by atoms with Gasteiger partial charge in [0.25, 0.3) is 11.1 Å². The second kappa shape index (κ2) is 8.81. The minimum atomic E-state index is -3.10. The first-order valence-electron chi connectivity index (χ1n) is 9.44. The molecule has 3 rings (SSSR count). The molecule has 2 amide bonds. The first-order valence-corrected chi connectivity index (χ1v) is 12.3. The average molecular weight is 419 g/mol. The van der Waals surface area contributed by atoms with Gasteiger partial charge in [-0.1, -0.05) is 24.6 Å². The van der Waals surface area contributed by atoms with Crippen LogP contribution in [0.25, 0.3) is 0 Å². The van der Waals surface area contributed by atoms with Gasteiger partial charge < -0.3 is 14.5 Å². The third kappa shape index (κ3) is 5.37. The van der Waals surface area contributed by atoms with Gasteiger partial charge in [0.1, 0.15) is 0 Å². The summed E-state index contributed by atoms with van der Waals surface area (Å²) in [6.07, 6.45) is 4.29. The predicted octanol–water partition coefficient (Wildman–Crippen LogP) is 1.05. The van der Waals surface area contributed by atoms with Crippen LogP contribution in [0.3, 0.4) is 0 Å². The van der Waals surface area contributed by atoms with Crippen molar-refractivity contribution in [1.82, 2.24) is 9.80 Å². The summed E-state index contributed by atoms with van der Waals surface area (Å²) in [6.45, 7) is 0.558. The molecule has 3 fully saturated rings. The Labute approximate surface area is 163 Å². The molecule has 27 heavy (non-hydrogen) atoms. The Morgan fingerprint density at radius 3 is 2.52 bits per heavy atom. The van der Waals surface area contributed by atoms with Gasteiger partial charge in [-0.15, -0.1) is 0 Å². The third-order valence-corrected chi connectivity index (χ3v) is 8.04. The second-order valence-corrected chi connectivity index (χ2v) is 10.6. The summed E-state index contributed by atoms with van der Waals surface area (Å²) >= 11 is 1.23. The predicted molar refractivity (Wildman–Crippen MR) is 101 cm³/mol. The fourth-order valence-corrected chi connectivity index (χ4v) is 6.59. The van der Waals surface area contributed by atoms with E-state index in [0.29, 0.717) is 19.5 Å². The van der Waals surface area contributed by atoms with Crippen LogP contribution >= 0.6 is 11.8 Å². The molecule has 0 radical (unpaired) electrons. The number of hydrogen-bond donors (Lipinski definition) is 0. The van der Waals surface area contributed by atoms with Crippen molar-refractivity contribution in [3.05, 3.63) is 0 Å². The van der Waals surface area contributed by atoms with E-state index in [1.54, 1.807) is 9.80 Å². The van der Waals surface area contributed by atoms with Crippen LogP contribution in [0.4, 0.5) is 4.79 Å². The van der Waals surface area contributed by atoms with E-state index in [1.807, 2.05) is 0 Å². The smallest absolute Gasteiger partial charge is 0.308 e. The first-order chi connectivity index (χ1) is 12.9. The summed E-state index contributed by atoms with van der Waals surface area (Å²) in [4.78, 5) is 39.5. The minimum absolute atomic E-state index is 0.00206. The van der Waals surface area contributed by atoms with E-state index in [9.17, 15) is 22.8 Å². The highest BCUT2D eigenvalue weighted by Crippen LogP contribution is 2.29. The SMILES string of the molecule is O=C(CCN1CCSC1=O)OCC(=O)N(C1CCCC1)C1CCS(=O)(=O)C1. The first kappa shape index (κ1) is 20.4. The van der Waals surface area contributed by atoms with Crippen molar-refractivity contribution in [1.29, 1.82) is 0 Å². The quantitative estimate of drug-likeness (QED) is 0.570. The van der Waals surface area contributed by atoms with Crippen LogP contribution in [0.2, 0.25) is 0 Å². The van der Waals surface area contributed by atoms with Crippen molar-refractivity contribution in [3.8, 4) is 0 Å². The largest absolute Gasteiger partial charge is 0.456 e. The summed E-state index contributed by atoms with van der Waals surface area (Å²) in [5.74, 6) is 0.00411. The molecule has 0 bridgehead atoms. The fraction of sp³-hybridized carbons (Fsp3) is 0.824. The van der Waals surface area contributed by atoms with Gasteiger partial charge in [-0.25, -0.2) is 8.42 Å². The van der Waals surface area contributed by atoms with Crippen molar-refractivity contribution in [2.75, 3.05) is 37.0 Å². The lowest BCUT2D eigenvalue weighted by atomic mass is 10.1. The zero-order valence-electron chi connectivity index (χ0n) is 15.3. The summed E-state index contributed by atoms with van der Waals surface area (Å²) < 4.78 is 28.8. The summed E-state index contributed by atoms with van der Waals surface area (Å²) in [6, 6.07) is -0.280. The van der Waals surface area contributed by atoms with Crippen LogP contribution in [-0.4, -0.2) is 84.4 Å². The lowest BCUT2D eigenvalue weighted by Crippen LogP contribution is -2.48. The average Bonchev–Trinajstić information content (AvgIpc) is 3.34.